The lowest BCUT2D eigenvalue weighted by molar-refractivity contribution is -0.137. The van der Waals surface area contributed by atoms with Crippen molar-refractivity contribution in [1.29, 1.82) is 5.26 Å². The van der Waals surface area contributed by atoms with Gasteiger partial charge in [0.05, 0.1) is 6.61 Å². The number of ether oxygens (including phenoxy) is 1. The van der Waals surface area contributed by atoms with Crippen molar-refractivity contribution in [3.63, 3.8) is 0 Å². The molecule has 0 aliphatic carbocycles. The molecule has 1 rings (SSSR count). The van der Waals surface area contributed by atoms with Crippen LogP contribution in [0.15, 0.2) is 17.2 Å². The molecule has 0 unspecified atom stereocenters. The summed E-state index contributed by atoms with van der Waals surface area (Å²) in [5.74, 6) is -0.606. The second kappa shape index (κ2) is 5.14. The van der Waals surface area contributed by atoms with Crippen LogP contribution in [0.4, 0.5) is 0 Å². The van der Waals surface area contributed by atoms with Crippen LogP contribution in [0.2, 0.25) is 0 Å². The third-order valence-corrected chi connectivity index (χ3v) is 2.06. The van der Waals surface area contributed by atoms with Crippen LogP contribution < -0.4 is 0 Å². The minimum atomic E-state index is -0.606. The molecule has 5 heteroatoms. The molecule has 0 aromatic carbocycles. The van der Waals surface area contributed by atoms with Gasteiger partial charge in [0, 0.05) is 11.6 Å². The third-order valence-electron chi connectivity index (χ3n) is 1.34. The van der Waals surface area contributed by atoms with Crippen molar-refractivity contribution >= 4 is 23.4 Å². The molecule has 0 radical (unpaired) electrons. The van der Waals surface area contributed by atoms with Gasteiger partial charge in [-0.25, -0.2) is 9.78 Å². The van der Waals surface area contributed by atoms with E-state index in [0.29, 0.717) is 5.01 Å². The van der Waals surface area contributed by atoms with Gasteiger partial charge in [0.1, 0.15) is 16.6 Å². The van der Waals surface area contributed by atoms with E-state index >= 15 is 0 Å². The molecule has 1 heterocycles. The third kappa shape index (κ3) is 2.68. The van der Waals surface area contributed by atoms with E-state index in [-0.39, 0.29) is 12.2 Å². The zero-order valence-electron chi connectivity index (χ0n) is 7.56. The molecule has 0 saturated carbocycles. The molecular formula is C9H8N2O2S. The monoisotopic (exact) mass is 208 g/mol. The van der Waals surface area contributed by atoms with E-state index in [9.17, 15) is 4.79 Å². The van der Waals surface area contributed by atoms with Gasteiger partial charge in [-0.15, -0.1) is 11.3 Å². The lowest BCUT2D eigenvalue weighted by Crippen LogP contribution is -2.05. The van der Waals surface area contributed by atoms with E-state index in [0.717, 1.165) is 0 Å². The Morgan fingerprint density at radius 1 is 1.86 bits per heavy atom. The first-order valence-corrected chi connectivity index (χ1v) is 4.84. The van der Waals surface area contributed by atoms with Crippen molar-refractivity contribution in [3.05, 3.63) is 22.2 Å². The first-order chi connectivity index (χ1) is 6.77. The van der Waals surface area contributed by atoms with E-state index in [1.807, 2.05) is 0 Å². The molecule has 0 atom stereocenters. The number of carbonyl (C=O) groups excluding carboxylic acids is 1. The highest BCUT2D eigenvalue weighted by Crippen LogP contribution is 2.10. The van der Waals surface area contributed by atoms with Crippen LogP contribution in [0.5, 0.6) is 0 Å². The number of rotatable bonds is 3. The Hall–Kier alpha value is -1.67. The predicted molar refractivity (Wildman–Crippen MR) is 52.3 cm³/mol. The molecule has 0 amide bonds. The van der Waals surface area contributed by atoms with E-state index < -0.39 is 5.97 Å². The highest BCUT2D eigenvalue weighted by Gasteiger charge is 2.09. The first kappa shape index (κ1) is 10.4. The molecule has 0 aliphatic rings. The summed E-state index contributed by atoms with van der Waals surface area (Å²) >= 11 is 1.36. The average Bonchev–Trinajstić information content (AvgIpc) is 2.66. The number of hydrogen-bond acceptors (Lipinski definition) is 5. The van der Waals surface area contributed by atoms with Crippen molar-refractivity contribution in [1.82, 2.24) is 4.98 Å². The maximum absolute atomic E-state index is 11.2. The largest absolute Gasteiger partial charge is 0.462 e. The van der Waals surface area contributed by atoms with Crippen molar-refractivity contribution in [2.75, 3.05) is 6.61 Å². The summed E-state index contributed by atoms with van der Waals surface area (Å²) in [4.78, 5) is 15.1. The van der Waals surface area contributed by atoms with Gasteiger partial charge >= 0.3 is 5.97 Å². The van der Waals surface area contributed by atoms with Crippen molar-refractivity contribution < 1.29 is 9.53 Å². The van der Waals surface area contributed by atoms with Gasteiger partial charge in [-0.2, -0.15) is 5.26 Å². The smallest absolute Gasteiger partial charge is 0.348 e. The zero-order valence-corrected chi connectivity index (χ0v) is 8.37. The van der Waals surface area contributed by atoms with Crippen molar-refractivity contribution in [2.24, 2.45) is 0 Å². The second-order valence-electron chi connectivity index (χ2n) is 2.26. The summed E-state index contributed by atoms with van der Waals surface area (Å²) < 4.78 is 4.69. The predicted octanol–water partition coefficient (Wildman–Crippen LogP) is 1.61. The SMILES string of the molecule is CCOC(=O)/C(C#N)=C\c1nccs1. The quantitative estimate of drug-likeness (QED) is 0.430. The topological polar surface area (TPSA) is 63.0 Å². The molecule has 0 N–H and O–H groups in total. The Labute approximate surface area is 85.5 Å². The van der Waals surface area contributed by atoms with E-state index in [1.54, 1.807) is 24.6 Å². The average molecular weight is 208 g/mol. The zero-order chi connectivity index (χ0) is 10.4. The van der Waals surface area contributed by atoms with Crippen LogP contribution in [0, 0.1) is 11.3 Å². The van der Waals surface area contributed by atoms with E-state index in [2.05, 4.69) is 4.98 Å². The highest BCUT2D eigenvalue weighted by atomic mass is 32.1. The number of nitriles is 1. The maximum atomic E-state index is 11.2. The Balaban J connectivity index is 2.83. The van der Waals surface area contributed by atoms with Crippen molar-refractivity contribution in [2.45, 2.75) is 6.92 Å². The van der Waals surface area contributed by atoms with Crippen LogP contribution in [0.25, 0.3) is 6.08 Å². The molecule has 72 valence electrons. The lowest BCUT2D eigenvalue weighted by Gasteiger charge is -1.97. The molecule has 0 bridgehead atoms. The number of carbonyl (C=O) groups is 1. The van der Waals surface area contributed by atoms with Gasteiger partial charge in [-0.1, -0.05) is 0 Å². The molecule has 14 heavy (non-hydrogen) atoms. The maximum Gasteiger partial charge on any atom is 0.348 e. The van der Waals surface area contributed by atoms with E-state index in [1.165, 1.54) is 17.4 Å². The number of aromatic nitrogens is 1. The fourth-order valence-electron chi connectivity index (χ4n) is 0.775. The minimum Gasteiger partial charge on any atom is -0.462 e. The summed E-state index contributed by atoms with van der Waals surface area (Å²) in [7, 11) is 0. The number of thiazole rings is 1. The Bertz CT molecular complexity index is 376. The van der Waals surface area contributed by atoms with Gasteiger partial charge < -0.3 is 4.74 Å². The van der Waals surface area contributed by atoms with Crippen LogP contribution in [0.1, 0.15) is 11.9 Å². The Morgan fingerprint density at radius 3 is 3.14 bits per heavy atom. The van der Waals surface area contributed by atoms with Gasteiger partial charge in [0.25, 0.3) is 0 Å². The van der Waals surface area contributed by atoms with Gasteiger partial charge in [-0.3, -0.25) is 0 Å². The normalized spacial score (nSPS) is 10.7. The van der Waals surface area contributed by atoms with Gasteiger partial charge in [0.15, 0.2) is 0 Å². The fourth-order valence-corrected chi connectivity index (χ4v) is 1.34. The minimum absolute atomic E-state index is 0.0261. The summed E-state index contributed by atoms with van der Waals surface area (Å²) in [5.41, 5.74) is -0.0261. The molecule has 0 spiro atoms. The summed E-state index contributed by atoms with van der Waals surface area (Å²) in [6.45, 7) is 1.95. The number of nitrogens with zero attached hydrogens (tertiary/aromatic N) is 2. The first-order valence-electron chi connectivity index (χ1n) is 3.96. The Kier molecular flexibility index (Phi) is 3.83. The lowest BCUT2D eigenvalue weighted by atomic mass is 10.3. The van der Waals surface area contributed by atoms with Gasteiger partial charge in [0.2, 0.25) is 0 Å². The Morgan fingerprint density at radius 2 is 2.64 bits per heavy atom. The molecule has 1 aromatic heterocycles. The van der Waals surface area contributed by atoms with E-state index in [4.69, 9.17) is 10.00 Å². The molecule has 0 aliphatic heterocycles. The van der Waals surface area contributed by atoms with Crippen molar-refractivity contribution in [3.8, 4) is 6.07 Å². The van der Waals surface area contributed by atoms with Crippen LogP contribution in [-0.2, 0) is 9.53 Å². The van der Waals surface area contributed by atoms with Crippen LogP contribution >= 0.6 is 11.3 Å². The van der Waals surface area contributed by atoms with Crippen LogP contribution in [-0.4, -0.2) is 17.6 Å². The molecule has 0 saturated heterocycles. The molecule has 0 fully saturated rings. The standard InChI is InChI=1S/C9H8N2O2S/c1-2-13-9(12)7(6-10)5-8-11-3-4-14-8/h3-5H,2H2,1H3/b7-5-. The summed E-state index contributed by atoms with van der Waals surface area (Å²) in [6.07, 6.45) is 3.03. The molecule has 4 nitrogen and oxygen atoms in total. The summed E-state index contributed by atoms with van der Waals surface area (Å²) in [6, 6.07) is 1.78. The summed E-state index contributed by atoms with van der Waals surface area (Å²) in [5, 5.41) is 11.1. The molecule has 1 aromatic rings. The van der Waals surface area contributed by atoms with Gasteiger partial charge in [-0.05, 0) is 13.0 Å². The molecular weight excluding hydrogens is 200 g/mol. The fraction of sp³-hybridized carbons (Fsp3) is 0.222. The van der Waals surface area contributed by atoms with Crippen LogP contribution in [0.3, 0.4) is 0 Å². The highest BCUT2D eigenvalue weighted by molar-refractivity contribution is 7.10. The number of esters is 1. The number of hydrogen-bond donors (Lipinski definition) is 0. The second-order valence-corrected chi connectivity index (χ2v) is 3.19.